The fraction of sp³-hybridized carbons (Fsp3) is 0.684. The topological polar surface area (TPSA) is 46.6 Å². The number of ether oxygens (including phenoxy) is 1. The monoisotopic (exact) mass is 349 g/mol. The molecule has 1 saturated heterocycles. The molecular formula is C19H27NO3S. The molecule has 4 nitrogen and oxygen atoms in total. The van der Waals surface area contributed by atoms with Gasteiger partial charge in [-0.25, -0.2) is 4.79 Å². The van der Waals surface area contributed by atoms with Crippen LogP contribution in [0.4, 0.5) is 0 Å². The van der Waals surface area contributed by atoms with E-state index in [1.807, 2.05) is 24.8 Å². The molecule has 24 heavy (non-hydrogen) atoms. The minimum absolute atomic E-state index is 0.0140. The number of carbonyl (C=O) groups is 2. The van der Waals surface area contributed by atoms with Gasteiger partial charge in [0.05, 0.1) is 0 Å². The number of esters is 1. The molecule has 0 saturated carbocycles. The van der Waals surface area contributed by atoms with Crippen LogP contribution in [-0.2, 0) is 22.4 Å². The van der Waals surface area contributed by atoms with Crippen LogP contribution in [0.5, 0.6) is 0 Å². The maximum absolute atomic E-state index is 12.6. The quantitative estimate of drug-likeness (QED) is 0.613. The van der Waals surface area contributed by atoms with Gasteiger partial charge in [0.2, 0.25) is 0 Å². The molecule has 0 bridgehead atoms. The lowest BCUT2D eigenvalue weighted by molar-refractivity contribution is -0.141. The number of aryl methyl sites for hydroxylation is 2. The Bertz CT molecular complexity index is 578. The lowest BCUT2D eigenvalue weighted by atomic mass is 10.1. The van der Waals surface area contributed by atoms with Gasteiger partial charge < -0.3 is 9.64 Å². The van der Waals surface area contributed by atoms with Gasteiger partial charge in [-0.3, -0.25) is 4.79 Å². The van der Waals surface area contributed by atoms with Crippen LogP contribution in [0.1, 0.15) is 66.1 Å². The van der Waals surface area contributed by atoms with Gasteiger partial charge in [-0.2, -0.15) is 0 Å². The second-order valence-corrected chi connectivity index (χ2v) is 8.36. The molecule has 1 atom stereocenters. The van der Waals surface area contributed by atoms with Crippen molar-refractivity contribution >= 4 is 23.2 Å². The van der Waals surface area contributed by atoms with Gasteiger partial charge >= 0.3 is 5.97 Å². The molecule has 2 aliphatic rings. The van der Waals surface area contributed by atoms with E-state index in [9.17, 15) is 9.59 Å². The zero-order valence-electron chi connectivity index (χ0n) is 14.7. The summed E-state index contributed by atoms with van der Waals surface area (Å²) in [7, 11) is 0. The van der Waals surface area contributed by atoms with E-state index in [0.29, 0.717) is 4.88 Å². The number of likely N-dealkylation sites (tertiary alicyclic amines) is 1. The molecule has 1 aromatic heterocycles. The Labute approximate surface area is 148 Å². The van der Waals surface area contributed by atoms with Crippen LogP contribution in [-0.4, -0.2) is 36.0 Å². The molecule has 5 heteroatoms. The summed E-state index contributed by atoms with van der Waals surface area (Å²) in [6.45, 7) is 5.45. The van der Waals surface area contributed by atoms with Crippen LogP contribution >= 0.6 is 11.3 Å². The Morgan fingerprint density at radius 3 is 2.50 bits per heavy atom. The maximum atomic E-state index is 12.6. The van der Waals surface area contributed by atoms with E-state index in [0.717, 1.165) is 38.8 Å². The van der Waals surface area contributed by atoms with Gasteiger partial charge in [0.1, 0.15) is 4.88 Å². The molecule has 132 valence electrons. The number of thiophene rings is 1. The molecule has 1 aromatic rings. The van der Waals surface area contributed by atoms with E-state index in [1.54, 1.807) is 11.3 Å². The summed E-state index contributed by atoms with van der Waals surface area (Å²) in [6, 6.07) is 1.99. The summed E-state index contributed by atoms with van der Waals surface area (Å²) in [5.41, 5.74) is 1.30. The van der Waals surface area contributed by atoms with Gasteiger partial charge in [-0.05, 0) is 56.1 Å². The van der Waals surface area contributed by atoms with Crippen molar-refractivity contribution in [1.82, 2.24) is 4.90 Å². The summed E-state index contributed by atoms with van der Waals surface area (Å²) in [5, 5.41) is 0. The van der Waals surface area contributed by atoms with Crippen LogP contribution in [0.3, 0.4) is 0 Å². The minimum atomic E-state index is -0.669. The summed E-state index contributed by atoms with van der Waals surface area (Å²) in [4.78, 5) is 29.1. The normalized spacial score (nSPS) is 19.0. The van der Waals surface area contributed by atoms with Crippen molar-refractivity contribution < 1.29 is 14.3 Å². The number of rotatable bonds is 4. The zero-order chi connectivity index (χ0) is 17.1. The van der Waals surface area contributed by atoms with Crippen molar-refractivity contribution in [3.8, 4) is 0 Å². The van der Waals surface area contributed by atoms with E-state index >= 15 is 0 Å². The Morgan fingerprint density at radius 1 is 1.08 bits per heavy atom. The molecule has 3 rings (SSSR count). The fourth-order valence-electron chi connectivity index (χ4n) is 3.53. The van der Waals surface area contributed by atoms with Crippen LogP contribution in [0.15, 0.2) is 6.07 Å². The molecule has 0 spiro atoms. The van der Waals surface area contributed by atoms with Crippen molar-refractivity contribution in [2.24, 2.45) is 5.92 Å². The van der Waals surface area contributed by atoms with E-state index in [4.69, 9.17) is 4.74 Å². The Balaban J connectivity index is 1.70. The number of carbonyl (C=O) groups excluding carboxylic acids is 2. The molecule has 1 amide bonds. The first-order valence-electron chi connectivity index (χ1n) is 9.17. The average Bonchev–Trinajstić information content (AvgIpc) is 3.18. The van der Waals surface area contributed by atoms with Crippen molar-refractivity contribution in [3.63, 3.8) is 0 Å². The first-order valence-corrected chi connectivity index (χ1v) is 9.99. The number of nitrogens with zero attached hydrogens (tertiary/aromatic N) is 1. The third-order valence-corrected chi connectivity index (χ3v) is 6.17. The highest BCUT2D eigenvalue weighted by Gasteiger charge is 2.32. The lowest BCUT2D eigenvalue weighted by Gasteiger charge is -2.25. The lowest BCUT2D eigenvalue weighted by Crippen LogP contribution is -2.42. The average molecular weight is 349 g/mol. The summed E-state index contributed by atoms with van der Waals surface area (Å²) < 4.78 is 5.66. The largest absolute Gasteiger partial charge is 0.448 e. The number of hydrogen-bond donors (Lipinski definition) is 0. The van der Waals surface area contributed by atoms with Gasteiger partial charge in [-0.15, -0.1) is 11.3 Å². The molecule has 0 aromatic carbocycles. The third-order valence-electron chi connectivity index (χ3n) is 4.95. The van der Waals surface area contributed by atoms with Gasteiger partial charge in [0, 0.05) is 18.0 Å². The Hall–Kier alpha value is -1.36. The van der Waals surface area contributed by atoms with Crippen LogP contribution in [0, 0.1) is 5.92 Å². The number of hydrogen-bond acceptors (Lipinski definition) is 4. The highest BCUT2D eigenvalue weighted by atomic mass is 32.1. The predicted octanol–water partition coefficient (Wildman–Crippen LogP) is 3.82. The molecule has 2 heterocycles. The van der Waals surface area contributed by atoms with E-state index in [-0.39, 0.29) is 17.8 Å². The number of amides is 1. The van der Waals surface area contributed by atoms with Crippen LogP contribution < -0.4 is 0 Å². The summed E-state index contributed by atoms with van der Waals surface area (Å²) in [6.07, 6.45) is 7.19. The second kappa shape index (κ2) is 7.68. The third kappa shape index (κ3) is 3.82. The minimum Gasteiger partial charge on any atom is -0.448 e. The van der Waals surface area contributed by atoms with Crippen molar-refractivity contribution in [1.29, 1.82) is 0 Å². The SMILES string of the molecule is CC(C)[C@H](OC(=O)c1cc2c(s1)CCCCC2)C(=O)N1CCCC1. The molecule has 1 aliphatic heterocycles. The van der Waals surface area contributed by atoms with Crippen LogP contribution in [0.2, 0.25) is 0 Å². The standard InChI is InChI=1S/C19H27NO3S/c1-13(2)17(18(21)20-10-6-7-11-20)23-19(22)16-12-14-8-4-3-5-9-15(14)24-16/h12-13,17H,3-11H2,1-2H3/t17-/m0/s1. The van der Waals surface area contributed by atoms with Gasteiger partial charge in [-0.1, -0.05) is 20.3 Å². The Kier molecular flexibility index (Phi) is 5.59. The molecule has 1 fully saturated rings. The van der Waals surface area contributed by atoms with Crippen molar-refractivity contribution in [2.45, 2.75) is 64.9 Å². The molecule has 0 radical (unpaired) electrons. The Morgan fingerprint density at radius 2 is 1.79 bits per heavy atom. The van der Waals surface area contributed by atoms with Gasteiger partial charge in [0.15, 0.2) is 6.10 Å². The first-order chi connectivity index (χ1) is 11.6. The number of fused-ring (bicyclic) bond motifs is 1. The molecule has 0 N–H and O–H groups in total. The van der Waals surface area contributed by atoms with Crippen molar-refractivity contribution in [3.05, 3.63) is 21.4 Å². The van der Waals surface area contributed by atoms with E-state index in [2.05, 4.69) is 0 Å². The fourth-order valence-corrected chi connectivity index (χ4v) is 4.67. The van der Waals surface area contributed by atoms with E-state index < -0.39 is 6.10 Å². The van der Waals surface area contributed by atoms with Crippen LogP contribution in [0.25, 0.3) is 0 Å². The first kappa shape index (κ1) is 17.5. The van der Waals surface area contributed by atoms with Crippen molar-refractivity contribution in [2.75, 3.05) is 13.1 Å². The predicted molar refractivity (Wildman–Crippen MR) is 95.4 cm³/mol. The second-order valence-electron chi connectivity index (χ2n) is 7.22. The van der Waals surface area contributed by atoms with E-state index in [1.165, 1.54) is 29.7 Å². The molecule has 0 unspecified atom stereocenters. The van der Waals surface area contributed by atoms with Gasteiger partial charge in [0.25, 0.3) is 5.91 Å². The molecular weight excluding hydrogens is 322 g/mol. The molecule has 1 aliphatic carbocycles. The highest BCUT2D eigenvalue weighted by Crippen LogP contribution is 2.30. The smallest absolute Gasteiger partial charge is 0.349 e. The maximum Gasteiger partial charge on any atom is 0.349 e. The highest BCUT2D eigenvalue weighted by molar-refractivity contribution is 7.14. The summed E-state index contributed by atoms with van der Waals surface area (Å²) in [5.74, 6) is -0.381. The summed E-state index contributed by atoms with van der Waals surface area (Å²) >= 11 is 1.55. The zero-order valence-corrected chi connectivity index (χ0v) is 15.5.